The first-order valence-electron chi connectivity index (χ1n) is 8.77. The SMILES string of the molecule is COc1cc(C(=O)NC(c2ccccc2)c2ccccc2OC)ccc1C. The molecule has 0 radical (unpaired) electrons. The van der Waals surface area contributed by atoms with E-state index in [1.807, 2.05) is 67.6 Å². The van der Waals surface area contributed by atoms with Gasteiger partial charge in [0.15, 0.2) is 0 Å². The third kappa shape index (κ3) is 4.11. The Morgan fingerprint density at radius 1 is 0.852 bits per heavy atom. The maximum Gasteiger partial charge on any atom is 0.252 e. The van der Waals surface area contributed by atoms with Crippen LogP contribution in [0, 0.1) is 6.92 Å². The van der Waals surface area contributed by atoms with Gasteiger partial charge in [0.1, 0.15) is 11.5 Å². The van der Waals surface area contributed by atoms with E-state index in [0.29, 0.717) is 11.3 Å². The van der Waals surface area contributed by atoms with Crippen LogP contribution < -0.4 is 14.8 Å². The highest BCUT2D eigenvalue weighted by molar-refractivity contribution is 5.95. The standard InChI is InChI=1S/C23H23NO3/c1-16-13-14-18(15-21(16)27-3)23(25)24-22(17-9-5-4-6-10-17)19-11-7-8-12-20(19)26-2/h4-15,22H,1-3H3,(H,24,25). The summed E-state index contributed by atoms with van der Waals surface area (Å²) in [5, 5.41) is 3.14. The van der Waals surface area contributed by atoms with E-state index in [0.717, 1.165) is 22.4 Å². The van der Waals surface area contributed by atoms with Crippen LogP contribution in [0.2, 0.25) is 0 Å². The summed E-state index contributed by atoms with van der Waals surface area (Å²) in [7, 11) is 3.24. The third-order valence-electron chi connectivity index (χ3n) is 4.53. The minimum absolute atomic E-state index is 0.173. The van der Waals surface area contributed by atoms with Crippen LogP contribution in [0.25, 0.3) is 0 Å². The first-order valence-corrected chi connectivity index (χ1v) is 8.77. The van der Waals surface area contributed by atoms with E-state index in [9.17, 15) is 4.79 Å². The van der Waals surface area contributed by atoms with Crippen LogP contribution in [-0.2, 0) is 0 Å². The van der Waals surface area contributed by atoms with E-state index in [-0.39, 0.29) is 11.9 Å². The minimum atomic E-state index is -0.331. The Balaban J connectivity index is 1.98. The van der Waals surface area contributed by atoms with Crippen molar-refractivity contribution >= 4 is 5.91 Å². The molecule has 1 amide bonds. The molecular formula is C23H23NO3. The number of benzene rings is 3. The van der Waals surface area contributed by atoms with Gasteiger partial charge in [-0.25, -0.2) is 0 Å². The highest BCUT2D eigenvalue weighted by Crippen LogP contribution is 2.30. The number of nitrogens with one attached hydrogen (secondary N) is 1. The summed E-state index contributed by atoms with van der Waals surface area (Å²) in [5.74, 6) is 1.25. The summed E-state index contributed by atoms with van der Waals surface area (Å²) in [6.45, 7) is 1.95. The number of ether oxygens (including phenoxy) is 2. The number of carbonyl (C=O) groups excluding carboxylic acids is 1. The molecule has 0 heterocycles. The molecule has 1 unspecified atom stereocenters. The van der Waals surface area contributed by atoms with Crippen molar-refractivity contribution in [1.82, 2.24) is 5.32 Å². The zero-order valence-electron chi connectivity index (χ0n) is 15.7. The molecule has 0 bridgehead atoms. The van der Waals surface area contributed by atoms with Gasteiger partial charge in [0.05, 0.1) is 20.3 Å². The van der Waals surface area contributed by atoms with Crippen LogP contribution in [0.5, 0.6) is 11.5 Å². The molecule has 3 aromatic carbocycles. The number of amides is 1. The molecule has 27 heavy (non-hydrogen) atoms. The highest BCUT2D eigenvalue weighted by Gasteiger charge is 2.21. The molecule has 138 valence electrons. The normalized spacial score (nSPS) is 11.5. The fraction of sp³-hybridized carbons (Fsp3) is 0.174. The zero-order chi connectivity index (χ0) is 19.2. The van der Waals surface area contributed by atoms with Crippen LogP contribution in [0.15, 0.2) is 72.8 Å². The van der Waals surface area contributed by atoms with Crippen molar-refractivity contribution in [2.45, 2.75) is 13.0 Å². The molecule has 0 aliphatic carbocycles. The molecule has 0 fully saturated rings. The zero-order valence-corrected chi connectivity index (χ0v) is 15.7. The Hall–Kier alpha value is -3.27. The number of hydrogen-bond donors (Lipinski definition) is 1. The van der Waals surface area contributed by atoms with Crippen LogP contribution in [-0.4, -0.2) is 20.1 Å². The smallest absolute Gasteiger partial charge is 0.252 e. The lowest BCUT2D eigenvalue weighted by molar-refractivity contribution is 0.0942. The Kier molecular flexibility index (Phi) is 5.77. The van der Waals surface area contributed by atoms with Gasteiger partial charge < -0.3 is 14.8 Å². The van der Waals surface area contributed by atoms with E-state index in [1.165, 1.54) is 0 Å². The Bertz CT molecular complexity index is 922. The maximum absolute atomic E-state index is 13.0. The molecule has 0 saturated carbocycles. The molecule has 0 saturated heterocycles. The first kappa shape index (κ1) is 18.5. The van der Waals surface area contributed by atoms with Gasteiger partial charge in [-0.05, 0) is 36.2 Å². The van der Waals surface area contributed by atoms with E-state index in [1.54, 1.807) is 26.4 Å². The lowest BCUT2D eigenvalue weighted by Gasteiger charge is -2.22. The number of hydrogen-bond acceptors (Lipinski definition) is 3. The number of aryl methyl sites for hydroxylation is 1. The van der Waals surface area contributed by atoms with Gasteiger partial charge in [-0.2, -0.15) is 0 Å². The average Bonchev–Trinajstić information content (AvgIpc) is 2.72. The summed E-state index contributed by atoms with van der Waals surface area (Å²) in [4.78, 5) is 13.0. The van der Waals surface area contributed by atoms with Crippen molar-refractivity contribution in [1.29, 1.82) is 0 Å². The second kappa shape index (κ2) is 8.41. The Morgan fingerprint density at radius 2 is 1.52 bits per heavy atom. The monoisotopic (exact) mass is 361 g/mol. The van der Waals surface area contributed by atoms with Gasteiger partial charge in [-0.1, -0.05) is 54.6 Å². The van der Waals surface area contributed by atoms with Gasteiger partial charge in [-0.15, -0.1) is 0 Å². The molecule has 4 heteroatoms. The van der Waals surface area contributed by atoms with Gasteiger partial charge in [0.25, 0.3) is 5.91 Å². The summed E-state index contributed by atoms with van der Waals surface area (Å²) in [6.07, 6.45) is 0. The van der Waals surface area contributed by atoms with E-state index >= 15 is 0 Å². The van der Waals surface area contributed by atoms with Crippen molar-refractivity contribution in [2.24, 2.45) is 0 Å². The fourth-order valence-electron chi connectivity index (χ4n) is 3.07. The summed E-state index contributed by atoms with van der Waals surface area (Å²) in [5.41, 5.74) is 3.42. The fourth-order valence-corrected chi connectivity index (χ4v) is 3.07. The predicted molar refractivity (Wildman–Crippen MR) is 106 cm³/mol. The number of rotatable bonds is 6. The van der Waals surface area contributed by atoms with E-state index in [4.69, 9.17) is 9.47 Å². The van der Waals surface area contributed by atoms with Crippen molar-refractivity contribution in [2.75, 3.05) is 14.2 Å². The third-order valence-corrected chi connectivity index (χ3v) is 4.53. The number of carbonyl (C=O) groups is 1. The highest BCUT2D eigenvalue weighted by atomic mass is 16.5. The lowest BCUT2D eigenvalue weighted by atomic mass is 9.97. The molecule has 0 spiro atoms. The number of methoxy groups -OCH3 is 2. The van der Waals surface area contributed by atoms with Gasteiger partial charge in [-0.3, -0.25) is 4.79 Å². The molecule has 4 nitrogen and oxygen atoms in total. The van der Waals surface area contributed by atoms with Crippen LogP contribution in [0.1, 0.15) is 33.1 Å². The molecule has 1 atom stereocenters. The average molecular weight is 361 g/mol. The topological polar surface area (TPSA) is 47.6 Å². The molecule has 1 N–H and O–H groups in total. The van der Waals surface area contributed by atoms with Gasteiger partial charge >= 0.3 is 0 Å². The second-order valence-corrected chi connectivity index (χ2v) is 6.24. The van der Waals surface area contributed by atoms with E-state index in [2.05, 4.69) is 5.32 Å². The van der Waals surface area contributed by atoms with Crippen molar-refractivity contribution in [3.05, 3.63) is 95.1 Å². The molecule has 3 rings (SSSR count). The van der Waals surface area contributed by atoms with Crippen molar-refractivity contribution < 1.29 is 14.3 Å². The Labute approximate surface area is 159 Å². The van der Waals surface area contributed by atoms with Gasteiger partial charge in [0, 0.05) is 11.1 Å². The van der Waals surface area contributed by atoms with Crippen LogP contribution in [0.3, 0.4) is 0 Å². The minimum Gasteiger partial charge on any atom is -0.496 e. The quantitative estimate of drug-likeness (QED) is 0.702. The summed E-state index contributed by atoms with van der Waals surface area (Å²) >= 11 is 0. The molecule has 0 aliphatic heterocycles. The lowest BCUT2D eigenvalue weighted by Crippen LogP contribution is -2.29. The predicted octanol–water partition coefficient (Wildman–Crippen LogP) is 4.53. The van der Waals surface area contributed by atoms with Crippen LogP contribution >= 0.6 is 0 Å². The Morgan fingerprint density at radius 3 is 2.22 bits per heavy atom. The maximum atomic E-state index is 13.0. The van der Waals surface area contributed by atoms with Crippen LogP contribution in [0.4, 0.5) is 0 Å². The van der Waals surface area contributed by atoms with Crippen molar-refractivity contribution in [3.8, 4) is 11.5 Å². The first-order chi connectivity index (χ1) is 13.1. The van der Waals surface area contributed by atoms with Gasteiger partial charge in [0.2, 0.25) is 0 Å². The van der Waals surface area contributed by atoms with E-state index < -0.39 is 0 Å². The molecule has 0 aliphatic rings. The number of para-hydroxylation sites is 1. The summed E-state index contributed by atoms with van der Waals surface area (Å²) < 4.78 is 10.9. The van der Waals surface area contributed by atoms with Crippen molar-refractivity contribution in [3.63, 3.8) is 0 Å². The second-order valence-electron chi connectivity index (χ2n) is 6.24. The largest absolute Gasteiger partial charge is 0.496 e. The molecule has 3 aromatic rings. The summed E-state index contributed by atoms with van der Waals surface area (Å²) in [6, 6.07) is 22.7. The molecule has 0 aromatic heterocycles. The molecular weight excluding hydrogens is 338 g/mol.